The molecule has 0 bridgehead atoms. The molecule has 9 heteroatoms. The molecule has 0 aliphatic carbocycles. The van der Waals surface area contributed by atoms with E-state index in [-0.39, 0.29) is 5.92 Å². The van der Waals surface area contributed by atoms with Gasteiger partial charge in [-0.25, -0.2) is 0 Å². The fourth-order valence-corrected chi connectivity index (χ4v) is 4.36. The van der Waals surface area contributed by atoms with Gasteiger partial charge in [-0.3, -0.25) is 4.79 Å². The fourth-order valence-electron chi connectivity index (χ4n) is 4.36. The second-order valence-corrected chi connectivity index (χ2v) is 10.0. The summed E-state index contributed by atoms with van der Waals surface area (Å²) in [4.78, 5) is 27.5. The Morgan fingerprint density at radius 1 is 1.05 bits per heavy atom. The number of carbonyl (C=O) groups is 1. The third kappa shape index (κ3) is 7.81. The molecule has 1 unspecified atom stereocenters. The van der Waals surface area contributed by atoms with Crippen molar-refractivity contribution in [2.45, 2.75) is 46.5 Å². The van der Waals surface area contributed by atoms with Gasteiger partial charge in [-0.15, -0.1) is 0 Å². The minimum absolute atomic E-state index is 0.366. The standard InChI is InChI=1S/C29H38N6O3/c1-4-23(26(36)37)19-22-7-11-25(12-8-22)38-18-15-30-27-32-28(31-24-9-5-20(2)6-10-24)34-29(33-27)35-16-13-21(3)14-17-35/h5-12,21,23H,4,13-19H2,1-3H3,(H,36,37)(H2,30,31,32,33,34). The van der Waals surface area contributed by atoms with E-state index in [4.69, 9.17) is 14.7 Å². The molecule has 1 aliphatic rings. The first-order valence-corrected chi connectivity index (χ1v) is 13.4. The Hall–Kier alpha value is -3.88. The van der Waals surface area contributed by atoms with Crippen molar-refractivity contribution < 1.29 is 14.6 Å². The highest BCUT2D eigenvalue weighted by Gasteiger charge is 2.20. The monoisotopic (exact) mass is 518 g/mol. The van der Waals surface area contributed by atoms with Crippen LogP contribution in [0.4, 0.5) is 23.5 Å². The Labute approximate surface area is 224 Å². The lowest BCUT2D eigenvalue weighted by molar-refractivity contribution is -0.141. The van der Waals surface area contributed by atoms with Crippen LogP contribution in [0.2, 0.25) is 0 Å². The summed E-state index contributed by atoms with van der Waals surface area (Å²) >= 11 is 0. The van der Waals surface area contributed by atoms with Gasteiger partial charge < -0.3 is 25.4 Å². The summed E-state index contributed by atoms with van der Waals surface area (Å²) in [6, 6.07) is 15.7. The first-order valence-electron chi connectivity index (χ1n) is 13.4. The van der Waals surface area contributed by atoms with E-state index in [0.29, 0.717) is 49.8 Å². The second-order valence-electron chi connectivity index (χ2n) is 10.0. The van der Waals surface area contributed by atoms with Crippen molar-refractivity contribution in [1.82, 2.24) is 15.0 Å². The molecule has 1 aliphatic heterocycles. The number of nitrogens with one attached hydrogen (secondary N) is 2. The minimum Gasteiger partial charge on any atom is -0.492 e. The van der Waals surface area contributed by atoms with E-state index < -0.39 is 5.97 Å². The lowest BCUT2D eigenvalue weighted by Crippen LogP contribution is -2.34. The molecule has 202 valence electrons. The van der Waals surface area contributed by atoms with E-state index >= 15 is 0 Å². The third-order valence-electron chi connectivity index (χ3n) is 6.90. The quantitative estimate of drug-likeness (QED) is 0.275. The highest BCUT2D eigenvalue weighted by molar-refractivity contribution is 5.70. The molecule has 0 spiro atoms. The molecule has 38 heavy (non-hydrogen) atoms. The van der Waals surface area contributed by atoms with Gasteiger partial charge >= 0.3 is 5.97 Å². The van der Waals surface area contributed by atoms with Gasteiger partial charge in [-0.2, -0.15) is 15.0 Å². The number of aromatic nitrogens is 3. The number of piperidine rings is 1. The Kier molecular flexibility index (Phi) is 9.35. The first-order chi connectivity index (χ1) is 18.4. The Morgan fingerprint density at radius 2 is 1.74 bits per heavy atom. The molecule has 1 aromatic heterocycles. The second kappa shape index (κ2) is 13.1. The molecular weight excluding hydrogens is 480 g/mol. The van der Waals surface area contributed by atoms with Gasteiger partial charge in [0.2, 0.25) is 17.8 Å². The highest BCUT2D eigenvalue weighted by Crippen LogP contribution is 2.23. The number of anilines is 4. The van der Waals surface area contributed by atoms with E-state index in [0.717, 1.165) is 42.9 Å². The summed E-state index contributed by atoms with van der Waals surface area (Å²) in [6.45, 7) is 9.04. The zero-order chi connectivity index (χ0) is 26.9. The summed E-state index contributed by atoms with van der Waals surface area (Å²) in [5.41, 5.74) is 3.10. The molecular formula is C29H38N6O3. The minimum atomic E-state index is -0.757. The average Bonchev–Trinajstić information content (AvgIpc) is 2.92. The van der Waals surface area contributed by atoms with Crippen LogP contribution in [0.25, 0.3) is 0 Å². The van der Waals surface area contributed by atoms with Crippen LogP contribution in [0, 0.1) is 18.8 Å². The van der Waals surface area contributed by atoms with Crippen molar-refractivity contribution in [3.63, 3.8) is 0 Å². The first kappa shape index (κ1) is 27.2. The van der Waals surface area contributed by atoms with Crippen molar-refractivity contribution >= 4 is 29.5 Å². The number of aryl methyl sites for hydroxylation is 1. The summed E-state index contributed by atoms with van der Waals surface area (Å²) in [7, 11) is 0. The van der Waals surface area contributed by atoms with E-state index in [1.165, 1.54) is 5.56 Å². The smallest absolute Gasteiger partial charge is 0.306 e. The van der Waals surface area contributed by atoms with Gasteiger partial charge in [0.25, 0.3) is 0 Å². The van der Waals surface area contributed by atoms with Crippen molar-refractivity contribution in [2.24, 2.45) is 11.8 Å². The molecule has 3 aromatic rings. The van der Waals surface area contributed by atoms with Crippen LogP contribution >= 0.6 is 0 Å². The van der Waals surface area contributed by atoms with Gasteiger partial charge in [0.15, 0.2) is 0 Å². The van der Waals surface area contributed by atoms with Crippen molar-refractivity contribution in [1.29, 1.82) is 0 Å². The Morgan fingerprint density at radius 3 is 2.39 bits per heavy atom. The van der Waals surface area contributed by atoms with Gasteiger partial charge in [0, 0.05) is 18.8 Å². The molecule has 1 fully saturated rings. The molecule has 9 nitrogen and oxygen atoms in total. The molecule has 0 radical (unpaired) electrons. The molecule has 2 heterocycles. The fraction of sp³-hybridized carbons (Fsp3) is 0.448. The van der Waals surface area contributed by atoms with Crippen LogP contribution in [-0.2, 0) is 11.2 Å². The summed E-state index contributed by atoms with van der Waals surface area (Å²) in [5, 5.41) is 15.9. The molecule has 1 saturated heterocycles. The predicted molar refractivity (Wildman–Crippen MR) is 150 cm³/mol. The van der Waals surface area contributed by atoms with Gasteiger partial charge in [-0.05, 0) is 68.4 Å². The summed E-state index contributed by atoms with van der Waals surface area (Å²) < 4.78 is 5.88. The molecule has 2 aromatic carbocycles. The van der Waals surface area contributed by atoms with E-state index in [1.807, 2.05) is 55.5 Å². The molecule has 0 amide bonds. The average molecular weight is 519 g/mol. The number of carboxylic acids is 1. The SMILES string of the molecule is CCC(Cc1ccc(OCCNc2nc(Nc3ccc(C)cc3)nc(N3CCC(C)CC3)n2)cc1)C(=O)O. The highest BCUT2D eigenvalue weighted by atomic mass is 16.5. The molecule has 0 saturated carbocycles. The summed E-state index contributed by atoms with van der Waals surface area (Å²) in [5.74, 6) is 2.01. The predicted octanol–water partition coefficient (Wildman–Crippen LogP) is 5.30. The topological polar surface area (TPSA) is 113 Å². The Bertz CT molecular complexity index is 1180. The largest absolute Gasteiger partial charge is 0.492 e. The van der Waals surface area contributed by atoms with Crippen LogP contribution in [0.5, 0.6) is 5.75 Å². The molecule has 1 atom stereocenters. The van der Waals surface area contributed by atoms with E-state index in [1.54, 1.807) is 0 Å². The number of rotatable bonds is 12. The maximum absolute atomic E-state index is 11.3. The number of hydrogen-bond donors (Lipinski definition) is 3. The van der Waals surface area contributed by atoms with Crippen LogP contribution in [0.3, 0.4) is 0 Å². The lowest BCUT2D eigenvalue weighted by Gasteiger charge is -2.30. The molecule has 3 N–H and O–H groups in total. The van der Waals surface area contributed by atoms with Crippen LogP contribution in [0.1, 0.15) is 44.2 Å². The number of aliphatic carboxylic acids is 1. The number of carboxylic acid groups (broad SMARTS) is 1. The van der Waals surface area contributed by atoms with Crippen molar-refractivity contribution in [3.8, 4) is 5.75 Å². The zero-order valence-corrected chi connectivity index (χ0v) is 22.5. The Balaban J connectivity index is 1.36. The van der Waals surface area contributed by atoms with Crippen LogP contribution < -0.4 is 20.3 Å². The number of ether oxygens (including phenoxy) is 1. The van der Waals surface area contributed by atoms with E-state index in [2.05, 4.69) is 34.4 Å². The summed E-state index contributed by atoms with van der Waals surface area (Å²) in [6.07, 6.45) is 3.37. The van der Waals surface area contributed by atoms with Crippen LogP contribution in [-0.4, -0.2) is 52.3 Å². The number of benzene rings is 2. The van der Waals surface area contributed by atoms with Gasteiger partial charge in [0.1, 0.15) is 12.4 Å². The number of nitrogens with zero attached hydrogens (tertiary/aromatic N) is 4. The third-order valence-corrected chi connectivity index (χ3v) is 6.90. The zero-order valence-electron chi connectivity index (χ0n) is 22.5. The normalized spacial score (nSPS) is 14.7. The maximum Gasteiger partial charge on any atom is 0.306 e. The van der Waals surface area contributed by atoms with E-state index in [9.17, 15) is 9.90 Å². The van der Waals surface area contributed by atoms with Crippen molar-refractivity contribution in [2.75, 3.05) is 41.8 Å². The number of hydrogen-bond acceptors (Lipinski definition) is 8. The maximum atomic E-state index is 11.3. The van der Waals surface area contributed by atoms with Gasteiger partial charge in [0.05, 0.1) is 12.5 Å². The van der Waals surface area contributed by atoms with Crippen LogP contribution in [0.15, 0.2) is 48.5 Å². The lowest BCUT2D eigenvalue weighted by atomic mass is 9.97. The molecule has 4 rings (SSSR count). The van der Waals surface area contributed by atoms with Gasteiger partial charge in [-0.1, -0.05) is 43.7 Å². The van der Waals surface area contributed by atoms with Crippen molar-refractivity contribution in [3.05, 3.63) is 59.7 Å².